The Kier molecular flexibility index (Phi) is 7.29. The van der Waals surface area contributed by atoms with Gasteiger partial charge in [-0.1, -0.05) is 30.3 Å². The van der Waals surface area contributed by atoms with Gasteiger partial charge in [0.2, 0.25) is 5.91 Å². The zero-order valence-corrected chi connectivity index (χ0v) is 15.4. The van der Waals surface area contributed by atoms with Crippen molar-refractivity contribution in [2.75, 3.05) is 6.54 Å². The van der Waals surface area contributed by atoms with Crippen LogP contribution in [0.15, 0.2) is 59.5 Å². The number of rotatable bonds is 7. The summed E-state index contributed by atoms with van der Waals surface area (Å²) in [6.45, 7) is 0.457. The number of amides is 1. The smallest absolute Gasteiger partial charge is 0.238 e. The molecule has 2 unspecified atom stereocenters. The Morgan fingerprint density at radius 1 is 1.16 bits per heavy atom. The quantitative estimate of drug-likeness (QED) is 0.715. The number of carbonyl (C=O) groups excluding carboxylic acids is 1. The van der Waals surface area contributed by atoms with Crippen LogP contribution in [0.2, 0.25) is 0 Å². The molecule has 3 rings (SSSR count). The van der Waals surface area contributed by atoms with Crippen LogP contribution in [0, 0.1) is 11.7 Å². The number of halogens is 2. The van der Waals surface area contributed by atoms with Crippen LogP contribution in [-0.4, -0.2) is 18.5 Å². The van der Waals surface area contributed by atoms with Gasteiger partial charge in [-0.25, -0.2) is 4.39 Å². The van der Waals surface area contributed by atoms with E-state index in [1.807, 2.05) is 30.3 Å². The molecule has 0 aromatic heterocycles. The molecule has 0 bridgehead atoms. The summed E-state index contributed by atoms with van der Waals surface area (Å²) in [5, 5.41) is 2.72. The number of hydrogen-bond acceptors (Lipinski definition) is 3. The second-order valence-electron chi connectivity index (χ2n) is 6.05. The maximum absolute atomic E-state index is 13.1. The minimum Gasteiger partial charge on any atom is -0.351 e. The zero-order valence-electron chi connectivity index (χ0n) is 13.7. The van der Waals surface area contributed by atoms with Gasteiger partial charge in [-0.3, -0.25) is 4.79 Å². The lowest BCUT2D eigenvalue weighted by atomic mass is 10.1. The Labute approximate surface area is 158 Å². The van der Waals surface area contributed by atoms with Gasteiger partial charge in [-0.15, -0.1) is 24.2 Å². The van der Waals surface area contributed by atoms with E-state index >= 15 is 0 Å². The maximum atomic E-state index is 13.1. The van der Waals surface area contributed by atoms with Crippen LogP contribution in [0.25, 0.3) is 0 Å². The standard InChI is InChI=1S/C19H21FN2OS.ClH/c20-15-8-10-16(11-9-15)24-18(14-4-2-1-3-5-14)19(23)22-17(12-21)13-6-7-13;/h1-5,8-11,13,17-18H,6-7,12,21H2,(H,22,23);1H. The molecule has 0 heterocycles. The van der Waals surface area contributed by atoms with Crippen molar-refractivity contribution < 1.29 is 9.18 Å². The first-order valence-electron chi connectivity index (χ1n) is 8.15. The minimum absolute atomic E-state index is 0. The molecule has 0 radical (unpaired) electrons. The van der Waals surface area contributed by atoms with Crippen LogP contribution in [0.1, 0.15) is 23.7 Å². The lowest BCUT2D eigenvalue weighted by molar-refractivity contribution is -0.121. The van der Waals surface area contributed by atoms with E-state index in [9.17, 15) is 9.18 Å². The van der Waals surface area contributed by atoms with E-state index in [-0.39, 0.29) is 35.4 Å². The lowest BCUT2D eigenvalue weighted by Crippen LogP contribution is -2.43. The van der Waals surface area contributed by atoms with Crippen LogP contribution in [0.3, 0.4) is 0 Å². The molecule has 1 amide bonds. The van der Waals surface area contributed by atoms with Crippen LogP contribution >= 0.6 is 24.2 Å². The van der Waals surface area contributed by atoms with E-state index in [0.29, 0.717) is 12.5 Å². The molecule has 2 aromatic rings. The lowest BCUT2D eigenvalue weighted by Gasteiger charge is -2.22. The largest absolute Gasteiger partial charge is 0.351 e. The number of benzene rings is 2. The molecule has 0 spiro atoms. The Balaban J connectivity index is 0.00000225. The summed E-state index contributed by atoms with van der Waals surface area (Å²) in [7, 11) is 0. The summed E-state index contributed by atoms with van der Waals surface area (Å²) in [5.41, 5.74) is 6.73. The third-order valence-corrected chi connectivity index (χ3v) is 5.45. The molecule has 3 nitrogen and oxygen atoms in total. The Hall–Kier alpha value is -1.56. The second-order valence-corrected chi connectivity index (χ2v) is 7.23. The first-order valence-corrected chi connectivity index (χ1v) is 9.03. The molecule has 134 valence electrons. The zero-order chi connectivity index (χ0) is 16.9. The monoisotopic (exact) mass is 380 g/mol. The molecular formula is C19H22ClFN2OS. The van der Waals surface area contributed by atoms with Crippen LogP contribution in [0.5, 0.6) is 0 Å². The van der Waals surface area contributed by atoms with E-state index in [0.717, 1.165) is 23.3 Å². The van der Waals surface area contributed by atoms with Crippen LogP contribution < -0.4 is 11.1 Å². The molecule has 3 N–H and O–H groups in total. The number of hydrogen-bond donors (Lipinski definition) is 2. The van der Waals surface area contributed by atoms with E-state index in [4.69, 9.17) is 5.73 Å². The average Bonchev–Trinajstić information content (AvgIpc) is 3.44. The van der Waals surface area contributed by atoms with Crippen LogP contribution in [0.4, 0.5) is 4.39 Å². The third-order valence-electron chi connectivity index (χ3n) is 4.18. The highest BCUT2D eigenvalue weighted by Gasteiger charge is 2.33. The molecule has 2 atom stereocenters. The summed E-state index contributed by atoms with van der Waals surface area (Å²) in [6, 6.07) is 15.9. The fraction of sp³-hybridized carbons (Fsp3) is 0.316. The predicted octanol–water partition coefficient (Wildman–Crippen LogP) is 3.93. The van der Waals surface area contributed by atoms with E-state index < -0.39 is 0 Å². The normalized spacial score (nSPS) is 15.8. The van der Waals surface area contributed by atoms with Gasteiger partial charge in [0.25, 0.3) is 0 Å². The van der Waals surface area contributed by atoms with Crippen molar-refractivity contribution in [1.29, 1.82) is 0 Å². The fourth-order valence-electron chi connectivity index (χ4n) is 2.68. The summed E-state index contributed by atoms with van der Waals surface area (Å²) >= 11 is 1.42. The Morgan fingerprint density at radius 3 is 2.36 bits per heavy atom. The second kappa shape index (κ2) is 9.22. The molecule has 1 aliphatic rings. The van der Waals surface area contributed by atoms with Gasteiger partial charge in [0.15, 0.2) is 0 Å². The van der Waals surface area contributed by atoms with Crippen molar-refractivity contribution in [3.05, 3.63) is 66.0 Å². The first-order chi connectivity index (χ1) is 11.7. The van der Waals surface area contributed by atoms with Crippen molar-refractivity contribution in [3.8, 4) is 0 Å². The summed E-state index contributed by atoms with van der Waals surface area (Å²) < 4.78 is 13.1. The van der Waals surface area contributed by atoms with Crippen molar-refractivity contribution >= 4 is 30.1 Å². The van der Waals surface area contributed by atoms with Gasteiger partial charge < -0.3 is 11.1 Å². The molecule has 1 aliphatic carbocycles. The SMILES string of the molecule is Cl.NCC(NC(=O)C(Sc1ccc(F)cc1)c1ccccc1)C1CC1. The Bertz CT molecular complexity index is 680. The van der Waals surface area contributed by atoms with Gasteiger partial charge >= 0.3 is 0 Å². The van der Waals surface area contributed by atoms with Crippen molar-refractivity contribution in [1.82, 2.24) is 5.32 Å². The molecule has 1 saturated carbocycles. The van der Waals surface area contributed by atoms with Gasteiger partial charge in [0, 0.05) is 17.5 Å². The summed E-state index contributed by atoms with van der Waals surface area (Å²) in [4.78, 5) is 13.7. The van der Waals surface area contributed by atoms with Crippen molar-refractivity contribution in [2.24, 2.45) is 11.7 Å². The maximum Gasteiger partial charge on any atom is 0.238 e. The van der Waals surface area contributed by atoms with Gasteiger partial charge in [-0.2, -0.15) is 0 Å². The van der Waals surface area contributed by atoms with Crippen molar-refractivity contribution in [3.63, 3.8) is 0 Å². The summed E-state index contributed by atoms with van der Waals surface area (Å²) in [6.07, 6.45) is 2.26. The van der Waals surface area contributed by atoms with Gasteiger partial charge in [0.05, 0.1) is 0 Å². The third kappa shape index (κ3) is 5.46. The molecule has 2 aromatic carbocycles. The molecular weight excluding hydrogens is 359 g/mol. The Morgan fingerprint density at radius 2 is 1.80 bits per heavy atom. The molecule has 0 aliphatic heterocycles. The molecule has 0 saturated heterocycles. The fourth-order valence-corrected chi connectivity index (χ4v) is 3.71. The predicted molar refractivity (Wildman–Crippen MR) is 102 cm³/mol. The topological polar surface area (TPSA) is 55.1 Å². The van der Waals surface area contributed by atoms with E-state index in [1.165, 1.54) is 23.9 Å². The summed E-state index contributed by atoms with van der Waals surface area (Å²) in [5.74, 6) is 0.182. The molecule has 1 fully saturated rings. The van der Waals surface area contributed by atoms with Gasteiger partial charge in [0.1, 0.15) is 11.1 Å². The molecule has 6 heteroatoms. The highest BCUT2D eigenvalue weighted by atomic mass is 35.5. The number of thioether (sulfide) groups is 1. The number of carbonyl (C=O) groups is 1. The first kappa shape index (κ1) is 19.8. The highest BCUT2D eigenvalue weighted by molar-refractivity contribution is 8.00. The van der Waals surface area contributed by atoms with Gasteiger partial charge in [-0.05, 0) is 48.6 Å². The van der Waals surface area contributed by atoms with E-state index in [2.05, 4.69) is 5.32 Å². The number of nitrogens with one attached hydrogen (secondary N) is 1. The van der Waals surface area contributed by atoms with Crippen LogP contribution in [-0.2, 0) is 4.79 Å². The van der Waals surface area contributed by atoms with E-state index in [1.54, 1.807) is 12.1 Å². The molecule has 25 heavy (non-hydrogen) atoms. The van der Waals surface area contributed by atoms with Crippen molar-refractivity contribution in [2.45, 2.75) is 29.0 Å². The minimum atomic E-state index is -0.385. The highest BCUT2D eigenvalue weighted by Crippen LogP contribution is 2.37. The number of nitrogens with two attached hydrogens (primary N) is 1. The average molecular weight is 381 g/mol.